The molecule has 210 valence electrons. The van der Waals surface area contributed by atoms with Crippen LogP contribution in [-0.4, -0.2) is 47.8 Å². The standard InChI is InChI=1S/C31H33NO6S2/c1-18-12-22(37-21-8-10-40(35,36)11-9-21)13-19(2)31(18)25-5-3-4-24-23(25)6-7-27(24)38-29-15-28-26(16-32-29)20(17-39-28)14-30(33)34/h3-5,12-13,15-16,20-21,27H,6-11,14,17H2,1-2H3,(H,33,34)/t20-,27?/m1/s1. The van der Waals surface area contributed by atoms with Gasteiger partial charge in [0.2, 0.25) is 5.88 Å². The van der Waals surface area contributed by atoms with Gasteiger partial charge >= 0.3 is 5.97 Å². The average molecular weight is 580 g/mol. The summed E-state index contributed by atoms with van der Waals surface area (Å²) in [7, 11) is -2.92. The Kier molecular flexibility index (Phi) is 7.29. The van der Waals surface area contributed by atoms with E-state index in [0.29, 0.717) is 18.7 Å². The topological polar surface area (TPSA) is 103 Å². The van der Waals surface area contributed by atoms with Crippen molar-refractivity contribution in [2.75, 3.05) is 17.3 Å². The third kappa shape index (κ3) is 5.46. The first-order chi connectivity index (χ1) is 19.2. The van der Waals surface area contributed by atoms with Gasteiger partial charge in [-0.05, 0) is 90.6 Å². The molecule has 1 unspecified atom stereocenters. The van der Waals surface area contributed by atoms with Gasteiger partial charge in [0.05, 0.1) is 17.9 Å². The number of carbonyl (C=O) groups is 1. The summed E-state index contributed by atoms with van der Waals surface area (Å²) in [6.45, 7) is 4.21. The molecule has 40 heavy (non-hydrogen) atoms. The summed E-state index contributed by atoms with van der Waals surface area (Å²) >= 11 is 1.67. The minimum atomic E-state index is -2.92. The zero-order chi connectivity index (χ0) is 28.0. The lowest BCUT2D eigenvalue weighted by molar-refractivity contribution is -0.137. The molecule has 9 heteroatoms. The normalized spacial score (nSPS) is 21.6. The van der Waals surface area contributed by atoms with Crippen molar-refractivity contribution in [1.82, 2.24) is 4.98 Å². The molecule has 0 bridgehead atoms. The number of thioether (sulfide) groups is 1. The molecule has 1 fully saturated rings. The lowest BCUT2D eigenvalue weighted by atomic mass is 9.90. The lowest BCUT2D eigenvalue weighted by Gasteiger charge is -2.24. The molecule has 1 aromatic heterocycles. The predicted octanol–water partition coefficient (Wildman–Crippen LogP) is 6.05. The number of ether oxygens (including phenoxy) is 2. The highest BCUT2D eigenvalue weighted by Crippen LogP contribution is 2.45. The van der Waals surface area contributed by atoms with Gasteiger partial charge in [0, 0.05) is 28.8 Å². The van der Waals surface area contributed by atoms with Crippen molar-refractivity contribution in [3.63, 3.8) is 0 Å². The molecule has 2 aliphatic heterocycles. The van der Waals surface area contributed by atoms with Crippen LogP contribution in [0.2, 0.25) is 0 Å². The van der Waals surface area contributed by atoms with Crippen molar-refractivity contribution >= 4 is 27.6 Å². The highest BCUT2D eigenvalue weighted by Gasteiger charge is 2.30. The molecule has 0 amide bonds. The molecule has 3 aliphatic rings. The second-order valence-electron chi connectivity index (χ2n) is 11.1. The Morgan fingerprint density at radius 3 is 2.52 bits per heavy atom. The number of rotatable bonds is 7. The summed E-state index contributed by atoms with van der Waals surface area (Å²) in [6, 6.07) is 12.5. The Balaban J connectivity index is 1.21. The van der Waals surface area contributed by atoms with Gasteiger partial charge in [-0.2, -0.15) is 0 Å². The summed E-state index contributed by atoms with van der Waals surface area (Å²) in [6.07, 6.45) is 4.60. The van der Waals surface area contributed by atoms with Crippen LogP contribution in [0, 0.1) is 13.8 Å². The van der Waals surface area contributed by atoms with Crippen molar-refractivity contribution < 1.29 is 27.8 Å². The number of nitrogens with zero attached hydrogens (tertiary/aromatic N) is 1. The van der Waals surface area contributed by atoms with E-state index in [2.05, 4.69) is 49.2 Å². The molecule has 7 nitrogen and oxygen atoms in total. The maximum Gasteiger partial charge on any atom is 0.303 e. The van der Waals surface area contributed by atoms with Crippen LogP contribution in [0.5, 0.6) is 11.6 Å². The largest absolute Gasteiger partial charge is 0.490 e. The Labute approximate surface area is 239 Å². The van der Waals surface area contributed by atoms with Gasteiger partial charge in [0.15, 0.2) is 9.84 Å². The molecule has 0 spiro atoms. The van der Waals surface area contributed by atoms with E-state index in [1.807, 2.05) is 6.07 Å². The van der Waals surface area contributed by atoms with E-state index in [4.69, 9.17) is 9.47 Å². The van der Waals surface area contributed by atoms with E-state index in [-0.39, 0.29) is 36.1 Å². The number of pyridine rings is 1. The summed E-state index contributed by atoms with van der Waals surface area (Å²) in [5.74, 6) is 1.73. The highest BCUT2D eigenvalue weighted by atomic mass is 32.2. The maximum absolute atomic E-state index is 11.8. The summed E-state index contributed by atoms with van der Waals surface area (Å²) in [5, 5.41) is 9.19. The van der Waals surface area contributed by atoms with Crippen molar-refractivity contribution in [2.45, 2.75) is 69.0 Å². The quantitative estimate of drug-likeness (QED) is 0.361. The monoisotopic (exact) mass is 579 g/mol. The number of aromatic nitrogens is 1. The van der Waals surface area contributed by atoms with Crippen LogP contribution >= 0.6 is 11.8 Å². The third-order valence-electron chi connectivity index (χ3n) is 8.23. The fourth-order valence-electron chi connectivity index (χ4n) is 6.30. The summed E-state index contributed by atoms with van der Waals surface area (Å²) < 4.78 is 36.2. The van der Waals surface area contributed by atoms with Gasteiger partial charge in [0.1, 0.15) is 18.0 Å². The number of sulfone groups is 1. The van der Waals surface area contributed by atoms with Crippen molar-refractivity contribution in [1.29, 1.82) is 0 Å². The molecule has 1 aliphatic carbocycles. The maximum atomic E-state index is 11.8. The van der Waals surface area contributed by atoms with E-state index >= 15 is 0 Å². The first-order valence-corrected chi connectivity index (χ1v) is 16.6. The zero-order valence-electron chi connectivity index (χ0n) is 22.7. The van der Waals surface area contributed by atoms with Crippen LogP contribution in [-0.2, 0) is 21.1 Å². The molecular weight excluding hydrogens is 546 g/mol. The fourth-order valence-corrected chi connectivity index (χ4v) is 9.00. The molecule has 3 aromatic rings. The minimum absolute atomic E-state index is 0.00380. The Hall–Kier alpha value is -3.04. The lowest BCUT2D eigenvalue weighted by Crippen LogP contribution is -2.30. The van der Waals surface area contributed by atoms with Crippen molar-refractivity contribution in [3.05, 3.63) is 70.4 Å². The first kappa shape index (κ1) is 27.1. The van der Waals surface area contributed by atoms with E-state index in [0.717, 1.165) is 45.9 Å². The molecule has 3 heterocycles. The van der Waals surface area contributed by atoms with Gasteiger partial charge in [0.25, 0.3) is 0 Å². The molecule has 1 N–H and O–H groups in total. The summed E-state index contributed by atoms with van der Waals surface area (Å²) in [4.78, 5) is 16.8. The molecule has 0 radical (unpaired) electrons. The first-order valence-electron chi connectivity index (χ1n) is 13.8. The minimum Gasteiger partial charge on any atom is -0.490 e. The number of hydrogen-bond donors (Lipinski definition) is 1. The number of benzene rings is 2. The van der Waals surface area contributed by atoms with Gasteiger partial charge in [-0.25, -0.2) is 13.4 Å². The molecule has 0 saturated carbocycles. The van der Waals surface area contributed by atoms with Crippen LogP contribution in [0.3, 0.4) is 0 Å². The number of carboxylic acid groups (broad SMARTS) is 1. The number of fused-ring (bicyclic) bond motifs is 2. The Morgan fingerprint density at radius 2 is 1.80 bits per heavy atom. The van der Waals surface area contributed by atoms with Crippen LogP contribution in [0.15, 0.2) is 47.5 Å². The fraction of sp³-hybridized carbons (Fsp3) is 0.419. The second kappa shape index (κ2) is 10.7. The zero-order valence-corrected chi connectivity index (χ0v) is 24.3. The van der Waals surface area contributed by atoms with E-state index in [1.165, 1.54) is 22.3 Å². The summed E-state index contributed by atoms with van der Waals surface area (Å²) in [5.41, 5.74) is 8.14. The van der Waals surface area contributed by atoms with Crippen LogP contribution < -0.4 is 9.47 Å². The second-order valence-corrected chi connectivity index (χ2v) is 14.5. The van der Waals surface area contributed by atoms with E-state index < -0.39 is 15.8 Å². The van der Waals surface area contributed by atoms with Crippen LogP contribution in [0.25, 0.3) is 11.1 Å². The molecule has 2 atom stereocenters. The van der Waals surface area contributed by atoms with Crippen molar-refractivity contribution in [3.8, 4) is 22.8 Å². The van der Waals surface area contributed by atoms with Gasteiger partial charge in [-0.1, -0.05) is 18.2 Å². The highest BCUT2D eigenvalue weighted by molar-refractivity contribution is 7.99. The van der Waals surface area contributed by atoms with Gasteiger partial charge in [-0.15, -0.1) is 11.8 Å². The molecular formula is C31H33NO6S2. The van der Waals surface area contributed by atoms with Gasteiger partial charge < -0.3 is 14.6 Å². The number of aliphatic carboxylic acids is 1. The number of aryl methyl sites for hydroxylation is 2. The Morgan fingerprint density at radius 1 is 1.05 bits per heavy atom. The third-order valence-corrected chi connectivity index (χ3v) is 11.2. The van der Waals surface area contributed by atoms with Crippen LogP contribution in [0.4, 0.5) is 0 Å². The average Bonchev–Trinajstić information content (AvgIpc) is 3.49. The Bertz CT molecular complexity index is 1550. The van der Waals surface area contributed by atoms with Gasteiger partial charge in [-0.3, -0.25) is 4.79 Å². The van der Waals surface area contributed by atoms with Crippen molar-refractivity contribution in [2.24, 2.45) is 0 Å². The smallest absolute Gasteiger partial charge is 0.303 e. The van der Waals surface area contributed by atoms with E-state index in [9.17, 15) is 18.3 Å². The van der Waals surface area contributed by atoms with Crippen LogP contribution in [0.1, 0.15) is 65.5 Å². The van der Waals surface area contributed by atoms with E-state index in [1.54, 1.807) is 18.0 Å². The number of hydrogen-bond acceptors (Lipinski definition) is 7. The SMILES string of the molecule is Cc1cc(OC2CCS(=O)(=O)CC2)cc(C)c1-c1cccc2c1CCC2Oc1cc2c(cn1)[C@H](CC(=O)O)CS2. The molecule has 2 aromatic carbocycles. The molecule has 6 rings (SSSR count). The predicted molar refractivity (Wildman–Crippen MR) is 155 cm³/mol. The number of carboxylic acids is 1. The molecule has 1 saturated heterocycles.